The molecular formula is C12H14ClF2NO4S. The highest BCUT2D eigenvalue weighted by Crippen LogP contribution is 2.26. The fraction of sp³-hybridized carbons (Fsp3) is 0.417. The number of carbonyl (C=O) groups is 1. The molecule has 5 nitrogen and oxygen atoms in total. The van der Waals surface area contributed by atoms with Crippen molar-refractivity contribution < 1.29 is 27.1 Å². The van der Waals surface area contributed by atoms with E-state index in [2.05, 4.69) is 0 Å². The van der Waals surface area contributed by atoms with Crippen molar-refractivity contribution in [2.75, 3.05) is 0 Å². The Hall–Kier alpha value is -1.25. The average Bonchev–Trinajstić information content (AvgIpc) is 2.32. The lowest BCUT2D eigenvalue weighted by Gasteiger charge is -2.17. The molecule has 0 aliphatic heterocycles. The molecule has 2 N–H and O–H groups in total. The lowest BCUT2D eigenvalue weighted by atomic mass is 10.1. The van der Waals surface area contributed by atoms with Gasteiger partial charge in [-0.05, 0) is 24.5 Å². The molecular weight excluding hydrogens is 328 g/mol. The summed E-state index contributed by atoms with van der Waals surface area (Å²) in [7, 11) is -4.61. The topological polar surface area (TPSA) is 83.5 Å². The van der Waals surface area contributed by atoms with Crippen LogP contribution >= 0.6 is 11.6 Å². The Kier molecular flexibility index (Phi) is 5.66. The summed E-state index contributed by atoms with van der Waals surface area (Å²) in [6.45, 7) is 3.39. The third kappa shape index (κ3) is 4.36. The first-order chi connectivity index (χ1) is 9.56. The summed E-state index contributed by atoms with van der Waals surface area (Å²) in [4.78, 5) is 9.96. The van der Waals surface area contributed by atoms with Crippen LogP contribution < -0.4 is 4.72 Å². The summed E-state index contributed by atoms with van der Waals surface area (Å²) < 4.78 is 52.7. The second-order valence-corrected chi connectivity index (χ2v) is 6.87. The number of aliphatic carboxylic acids is 1. The lowest BCUT2D eigenvalue weighted by molar-refractivity contribution is -0.139. The van der Waals surface area contributed by atoms with Gasteiger partial charge in [0.2, 0.25) is 10.0 Å². The lowest BCUT2D eigenvalue weighted by Crippen LogP contribution is -2.42. The van der Waals surface area contributed by atoms with Gasteiger partial charge in [0.05, 0.1) is 5.02 Å². The monoisotopic (exact) mass is 341 g/mol. The minimum atomic E-state index is -4.61. The number of halogens is 3. The maximum atomic E-state index is 13.6. The van der Waals surface area contributed by atoms with Gasteiger partial charge in [-0.1, -0.05) is 25.4 Å². The molecule has 0 saturated carbocycles. The number of carboxylic acid groups (broad SMARTS) is 1. The number of sulfonamides is 1. The Morgan fingerprint density at radius 2 is 1.95 bits per heavy atom. The largest absolute Gasteiger partial charge is 0.480 e. The van der Waals surface area contributed by atoms with E-state index in [1.54, 1.807) is 13.8 Å². The molecule has 21 heavy (non-hydrogen) atoms. The zero-order chi connectivity index (χ0) is 16.4. The Morgan fingerprint density at radius 1 is 1.38 bits per heavy atom. The summed E-state index contributed by atoms with van der Waals surface area (Å²) in [5.74, 6) is -4.58. The van der Waals surface area contributed by atoms with Crippen LogP contribution in [-0.4, -0.2) is 25.5 Å². The van der Waals surface area contributed by atoms with Crippen molar-refractivity contribution in [3.8, 4) is 0 Å². The maximum absolute atomic E-state index is 13.6. The second-order valence-electron chi connectivity index (χ2n) is 4.81. The molecule has 0 aromatic heterocycles. The van der Waals surface area contributed by atoms with Crippen LogP contribution in [0.1, 0.15) is 20.3 Å². The molecule has 1 atom stereocenters. The molecule has 1 rings (SSSR count). The fourth-order valence-electron chi connectivity index (χ4n) is 1.67. The molecule has 0 spiro atoms. The molecule has 1 aromatic rings. The first-order valence-corrected chi connectivity index (χ1v) is 7.81. The van der Waals surface area contributed by atoms with E-state index < -0.39 is 43.6 Å². The van der Waals surface area contributed by atoms with Crippen LogP contribution in [0.25, 0.3) is 0 Å². The van der Waals surface area contributed by atoms with Crippen molar-refractivity contribution in [1.82, 2.24) is 4.72 Å². The van der Waals surface area contributed by atoms with E-state index in [4.69, 9.17) is 16.7 Å². The van der Waals surface area contributed by atoms with Gasteiger partial charge in [-0.3, -0.25) is 4.79 Å². The molecule has 1 unspecified atom stereocenters. The quantitative estimate of drug-likeness (QED) is 0.778. The molecule has 0 saturated heterocycles. The predicted octanol–water partition coefficient (Wildman–Crippen LogP) is 2.40. The number of nitrogens with one attached hydrogen (secondary N) is 1. The summed E-state index contributed by atoms with van der Waals surface area (Å²) in [5.41, 5.74) is 0. The summed E-state index contributed by atoms with van der Waals surface area (Å²) in [6, 6.07) is 0.0976. The van der Waals surface area contributed by atoms with Crippen molar-refractivity contribution in [3.05, 3.63) is 28.8 Å². The molecule has 1 aromatic carbocycles. The van der Waals surface area contributed by atoms with Crippen LogP contribution in [-0.2, 0) is 14.8 Å². The minimum Gasteiger partial charge on any atom is -0.480 e. The van der Waals surface area contributed by atoms with Crippen molar-refractivity contribution >= 4 is 27.6 Å². The SMILES string of the molecule is CC(C)CC(NS(=O)(=O)c1c(Cl)ccc(F)c1F)C(=O)O. The van der Waals surface area contributed by atoms with Crippen molar-refractivity contribution in [1.29, 1.82) is 0 Å². The molecule has 118 valence electrons. The van der Waals surface area contributed by atoms with Gasteiger partial charge in [0.1, 0.15) is 10.9 Å². The Bertz CT molecular complexity index is 649. The van der Waals surface area contributed by atoms with Crippen molar-refractivity contribution in [2.24, 2.45) is 5.92 Å². The average molecular weight is 342 g/mol. The molecule has 0 bridgehead atoms. The van der Waals surface area contributed by atoms with Gasteiger partial charge in [-0.25, -0.2) is 17.2 Å². The number of hydrogen-bond acceptors (Lipinski definition) is 3. The predicted molar refractivity (Wildman–Crippen MR) is 72.6 cm³/mol. The highest BCUT2D eigenvalue weighted by atomic mass is 35.5. The van der Waals surface area contributed by atoms with Gasteiger partial charge in [0.25, 0.3) is 0 Å². The van der Waals surface area contributed by atoms with Crippen LogP contribution in [0.15, 0.2) is 17.0 Å². The third-order valence-corrected chi connectivity index (χ3v) is 4.53. The normalized spacial score (nSPS) is 13.4. The fourth-order valence-corrected chi connectivity index (χ4v) is 3.47. The van der Waals surface area contributed by atoms with E-state index in [0.29, 0.717) is 6.07 Å². The maximum Gasteiger partial charge on any atom is 0.321 e. The minimum absolute atomic E-state index is 0.0108. The Morgan fingerprint density at radius 3 is 2.43 bits per heavy atom. The number of benzene rings is 1. The van der Waals surface area contributed by atoms with Gasteiger partial charge < -0.3 is 5.11 Å². The van der Waals surface area contributed by atoms with Gasteiger partial charge in [0.15, 0.2) is 11.6 Å². The van der Waals surface area contributed by atoms with Crippen LogP contribution in [0.4, 0.5) is 8.78 Å². The summed E-state index contributed by atoms with van der Waals surface area (Å²) >= 11 is 5.58. The Labute approximate surface area is 126 Å². The van der Waals surface area contributed by atoms with Gasteiger partial charge in [-0.15, -0.1) is 0 Å². The van der Waals surface area contributed by atoms with E-state index in [-0.39, 0.29) is 12.3 Å². The standard InChI is InChI=1S/C12H14ClF2NO4S/c1-6(2)5-9(12(17)18)16-21(19,20)11-7(13)3-4-8(14)10(11)15/h3-4,6,9,16H,5H2,1-2H3,(H,17,18). The number of hydrogen-bond donors (Lipinski definition) is 2. The number of rotatable bonds is 6. The zero-order valence-electron chi connectivity index (χ0n) is 11.2. The van der Waals surface area contributed by atoms with Crippen molar-refractivity contribution in [2.45, 2.75) is 31.2 Å². The Balaban J connectivity index is 3.23. The van der Waals surface area contributed by atoms with E-state index >= 15 is 0 Å². The molecule has 0 amide bonds. The molecule has 9 heteroatoms. The molecule has 0 fully saturated rings. The van der Waals surface area contributed by atoms with Gasteiger partial charge in [0, 0.05) is 0 Å². The first kappa shape index (κ1) is 17.8. The summed E-state index contributed by atoms with van der Waals surface area (Å²) in [6.07, 6.45) is -0.0108. The van der Waals surface area contributed by atoms with Crippen LogP contribution in [0, 0.1) is 17.6 Å². The highest BCUT2D eigenvalue weighted by molar-refractivity contribution is 7.89. The van der Waals surface area contributed by atoms with E-state index in [0.717, 1.165) is 6.07 Å². The highest BCUT2D eigenvalue weighted by Gasteiger charge is 2.31. The van der Waals surface area contributed by atoms with Gasteiger partial charge in [-0.2, -0.15) is 4.72 Å². The number of carboxylic acids is 1. The van der Waals surface area contributed by atoms with E-state index in [1.807, 2.05) is 4.72 Å². The molecule has 0 aliphatic rings. The third-order valence-electron chi connectivity index (χ3n) is 2.57. The van der Waals surface area contributed by atoms with Crippen LogP contribution in [0.5, 0.6) is 0 Å². The van der Waals surface area contributed by atoms with Crippen molar-refractivity contribution in [3.63, 3.8) is 0 Å². The van der Waals surface area contributed by atoms with Crippen LogP contribution in [0.3, 0.4) is 0 Å². The van der Waals surface area contributed by atoms with Crippen LogP contribution in [0.2, 0.25) is 5.02 Å². The summed E-state index contributed by atoms with van der Waals surface area (Å²) in [5, 5.41) is 8.47. The first-order valence-electron chi connectivity index (χ1n) is 5.95. The molecule has 0 heterocycles. The van der Waals surface area contributed by atoms with E-state index in [9.17, 15) is 22.0 Å². The second kappa shape index (κ2) is 6.67. The molecule has 0 aliphatic carbocycles. The molecule has 0 radical (unpaired) electrons. The smallest absolute Gasteiger partial charge is 0.321 e. The zero-order valence-corrected chi connectivity index (χ0v) is 12.8. The van der Waals surface area contributed by atoms with Gasteiger partial charge >= 0.3 is 5.97 Å². The van der Waals surface area contributed by atoms with E-state index in [1.165, 1.54) is 0 Å².